The van der Waals surface area contributed by atoms with E-state index in [0.717, 1.165) is 42.4 Å². The van der Waals surface area contributed by atoms with Crippen LogP contribution in [0.15, 0.2) is 47.1 Å². The summed E-state index contributed by atoms with van der Waals surface area (Å²) in [6.07, 6.45) is 3.90. The summed E-state index contributed by atoms with van der Waals surface area (Å²) in [5.74, 6) is -1.03. The van der Waals surface area contributed by atoms with Gasteiger partial charge in [-0.2, -0.15) is 0 Å². The van der Waals surface area contributed by atoms with Gasteiger partial charge in [0.2, 0.25) is 0 Å². The highest BCUT2D eigenvalue weighted by atomic mass is 16.5. The summed E-state index contributed by atoms with van der Waals surface area (Å²) >= 11 is 0. The molecule has 3 N–H and O–H groups in total. The number of hydrogen-bond acceptors (Lipinski definition) is 5. The van der Waals surface area contributed by atoms with E-state index in [1.807, 2.05) is 18.2 Å². The van der Waals surface area contributed by atoms with Crippen LogP contribution in [0.4, 0.5) is 0 Å². The topological polar surface area (TPSA) is 104 Å². The Hall–Kier alpha value is -2.44. The van der Waals surface area contributed by atoms with Gasteiger partial charge in [0.05, 0.1) is 12.2 Å². The lowest BCUT2D eigenvalue weighted by Crippen LogP contribution is -2.65. The molecule has 0 heterocycles. The molecule has 1 aromatic carbocycles. The van der Waals surface area contributed by atoms with Crippen molar-refractivity contribution in [3.63, 3.8) is 0 Å². The normalized spacial score (nSPS) is 41.4. The van der Waals surface area contributed by atoms with Crippen LogP contribution in [-0.2, 0) is 14.3 Å². The second-order valence-electron chi connectivity index (χ2n) is 15.2. The maximum atomic E-state index is 13.1. The van der Waals surface area contributed by atoms with E-state index in [9.17, 15) is 24.9 Å². The van der Waals surface area contributed by atoms with E-state index in [0.29, 0.717) is 42.7 Å². The predicted molar refractivity (Wildman–Crippen MR) is 168 cm³/mol. The zero-order valence-corrected chi connectivity index (χ0v) is 27.2. The average Bonchev–Trinajstić information content (AvgIpc) is 3.20. The molecule has 236 valence electrons. The minimum absolute atomic E-state index is 0.0240. The summed E-state index contributed by atoms with van der Waals surface area (Å²) in [5, 5.41) is 33.5. The average molecular weight is 593 g/mol. The number of fused-ring (bicyclic) bond motifs is 5. The molecule has 0 spiro atoms. The van der Waals surface area contributed by atoms with Crippen LogP contribution in [0.2, 0.25) is 0 Å². The van der Waals surface area contributed by atoms with Gasteiger partial charge in [0, 0.05) is 12.5 Å². The Morgan fingerprint density at radius 3 is 2.21 bits per heavy atom. The van der Waals surface area contributed by atoms with Crippen LogP contribution in [0.3, 0.4) is 0 Å². The molecule has 4 fully saturated rings. The number of benzene rings is 1. The standard InChI is InChI=1S/C37H52O6/c1-21(2)25(24-11-9-8-10-12-24)13-14-26(34(41)42)32-28-19-30(40)33-35(5)17-16-29(39)22(3)27(35)15-18-36(33,6)37(28,7)20-31(32)43-23(4)38/h8-12,22,27-31,33,39-40H,13-20H2,1-7H3,(H,41,42)/t22-,27?,28+,29+,30+,31-,33+,35-,36-,37-/m0/s1. The molecule has 6 nitrogen and oxygen atoms in total. The van der Waals surface area contributed by atoms with Crippen LogP contribution in [0.5, 0.6) is 0 Å². The number of esters is 1. The first-order valence-electron chi connectivity index (χ1n) is 16.4. The second kappa shape index (κ2) is 11.5. The van der Waals surface area contributed by atoms with E-state index in [1.54, 1.807) is 0 Å². The lowest BCUT2D eigenvalue weighted by Gasteiger charge is -2.69. The van der Waals surface area contributed by atoms with E-state index in [1.165, 1.54) is 6.92 Å². The summed E-state index contributed by atoms with van der Waals surface area (Å²) < 4.78 is 5.99. The van der Waals surface area contributed by atoms with Gasteiger partial charge in [-0.1, -0.05) is 63.6 Å². The van der Waals surface area contributed by atoms with E-state index in [-0.39, 0.29) is 40.1 Å². The maximum Gasteiger partial charge on any atom is 0.331 e. The number of ether oxygens (including phenoxy) is 1. The van der Waals surface area contributed by atoms with Crippen molar-refractivity contribution >= 4 is 17.5 Å². The predicted octanol–water partition coefficient (Wildman–Crippen LogP) is 7.19. The zero-order chi connectivity index (χ0) is 31.5. The van der Waals surface area contributed by atoms with Gasteiger partial charge >= 0.3 is 11.9 Å². The van der Waals surface area contributed by atoms with Crippen molar-refractivity contribution in [3.05, 3.63) is 52.6 Å². The van der Waals surface area contributed by atoms with Gasteiger partial charge in [-0.05, 0) is 122 Å². The van der Waals surface area contributed by atoms with E-state index in [4.69, 9.17) is 4.74 Å². The van der Waals surface area contributed by atoms with Crippen molar-refractivity contribution in [2.24, 2.45) is 39.9 Å². The molecule has 4 saturated carbocycles. The zero-order valence-electron chi connectivity index (χ0n) is 27.2. The lowest BCUT2D eigenvalue weighted by molar-refractivity contribution is -0.234. The van der Waals surface area contributed by atoms with Crippen molar-refractivity contribution in [1.29, 1.82) is 0 Å². The Bertz CT molecular complexity index is 1310. The molecule has 1 unspecified atom stereocenters. The van der Waals surface area contributed by atoms with Gasteiger partial charge in [0.15, 0.2) is 0 Å². The largest absolute Gasteiger partial charge is 0.478 e. The highest BCUT2D eigenvalue weighted by Gasteiger charge is 2.70. The van der Waals surface area contributed by atoms with Crippen molar-refractivity contribution in [3.8, 4) is 0 Å². The summed E-state index contributed by atoms with van der Waals surface area (Å²) in [7, 11) is 0. The number of aliphatic carboxylic acids is 1. The number of allylic oxidation sites excluding steroid dienone is 2. The van der Waals surface area contributed by atoms with Crippen LogP contribution < -0.4 is 0 Å². The Balaban J connectivity index is 1.58. The number of carboxylic acids is 1. The minimum Gasteiger partial charge on any atom is -0.478 e. The van der Waals surface area contributed by atoms with Crippen LogP contribution >= 0.6 is 0 Å². The number of hydrogen-bond donors (Lipinski definition) is 3. The van der Waals surface area contributed by atoms with Crippen LogP contribution in [0.1, 0.15) is 105 Å². The molecule has 1 aromatic rings. The molecule has 0 bridgehead atoms. The lowest BCUT2D eigenvalue weighted by atomic mass is 9.36. The number of carboxylic acid groups (broad SMARTS) is 1. The second-order valence-corrected chi connectivity index (χ2v) is 15.2. The molecule has 4 aliphatic carbocycles. The first-order chi connectivity index (χ1) is 20.2. The third-order valence-electron chi connectivity index (χ3n) is 13.0. The Morgan fingerprint density at radius 2 is 1.60 bits per heavy atom. The molecular weight excluding hydrogens is 540 g/mol. The Kier molecular flexibility index (Phi) is 8.54. The fourth-order valence-corrected chi connectivity index (χ4v) is 10.9. The van der Waals surface area contributed by atoms with Crippen molar-refractivity contribution < 1.29 is 29.6 Å². The Labute approximate surface area is 257 Å². The first kappa shape index (κ1) is 32.0. The van der Waals surface area contributed by atoms with Gasteiger partial charge in [-0.15, -0.1) is 0 Å². The van der Waals surface area contributed by atoms with E-state index in [2.05, 4.69) is 53.7 Å². The molecule has 4 aliphatic rings. The number of carbonyl (C=O) groups is 2. The molecule has 0 saturated heterocycles. The molecular formula is C37H52O6. The van der Waals surface area contributed by atoms with Gasteiger partial charge in [0.1, 0.15) is 6.10 Å². The van der Waals surface area contributed by atoms with Crippen LogP contribution in [0.25, 0.3) is 5.57 Å². The van der Waals surface area contributed by atoms with Crippen LogP contribution in [0, 0.1) is 39.9 Å². The van der Waals surface area contributed by atoms with E-state index >= 15 is 0 Å². The van der Waals surface area contributed by atoms with Gasteiger partial charge in [-0.25, -0.2) is 4.79 Å². The number of rotatable bonds is 6. The van der Waals surface area contributed by atoms with Gasteiger partial charge < -0.3 is 20.1 Å². The van der Waals surface area contributed by atoms with Crippen LogP contribution in [-0.4, -0.2) is 45.6 Å². The van der Waals surface area contributed by atoms with Gasteiger partial charge in [-0.3, -0.25) is 4.79 Å². The molecule has 43 heavy (non-hydrogen) atoms. The fourth-order valence-electron chi connectivity index (χ4n) is 10.9. The first-order valence-corrected chi connectivity index (χ1v) is 16.4. The molecule has 6 heteroatoms. The van der Waals surface area contributed by atoms with E-state index < -0.39 is 24.1 Å². The monoisotopic (exact) mass is 592 g/mol. The fraction of sp³-hybridized carbons (Fsp3) is 0.676. The third-order valence-corrected chi connectivity index (χ3v) is 13.0. The van der Waals surface area contributed by atoms with Crippen molar-refractivity contribution in [1.82, 2.24) is 0 Å². The molecule has 10 atom stereocenters. The highest BCUT2D eigenvalue weighted by molar-refractivity contribution is 5.89. The van der Waals surface area contributed by atoms with Gasteiger partial charge in [0.25, 0.3) is 0 Å². The number of aliphatic hydroxyl groups excluding tert-OH is 2. The molecule has 0 aromatic heterocycles. The SMILES string of the molecule is CC(=O)O[C@H]1C[C@@]2(C)[C@H](C[C@@H](O)[C@@H]3[C@@]4(C)CC[C@@H](O)[C@@H](C)C4CC[C@@]32C)C1=C(CCC(=C(C)C)c1ccccc1)C(=O)O. The Morgan fingerprint density at radius 1 is 0.930 bits per heavy atom. The summed E-state index contributed by atoms with van der Waals surface area (Å²) in [5.41, 5.74) is 3.66. The molecule has 0 radical (unpaired) electrons. The summed E-state index contributed by atoms with van der Waals surface area (Å²) in [4.78, 5) is 25.5. The quantitative estimate of drug-likeness (QED) is 0.239. The van der Waals surface area contributed by atoms with Crippen molar-refractivity contribution in [2.45, 2.75) is 118 Å². The third kappa shape index (κ3) is 5.10. The maximum absolute atomic E-state index is 13.1. The summed E-state index contributed by atoms with van der Waals surface area (Å²) in [6, 6.07) is 10.1. The summed E-state index contributed by atoms with van der Waals surface area (Å²) in [6.45, 7) is 14.6. The molecule has 5 rings (SSSR count). The van der Waals surface area contributed by atoms with Crippen molar-refractivity contribution in [2.75, 3.05) is 0 Å². The minimum atomic E-state index is -0.968. The molecule has 0 aliphatic heterocycles. The smallest absolute Gasteiger partial charge is 0.331 e. The number of carbonyl (C=O) groups excluding carboxylic acids is 1. The number of aliphatic hydroxyl groups is 2. The highest BCUT2D eigenvalue weighted by Crippen LogP contribution is 2.74. The molecule has 0 amide bonds.